The molecule has 0 saturated carbocycles. The molecule has 12 rings (SSSR count). The van der Waals surface area contributed by atoms with E-state index in [-0.39, 0.29) is 0 Å². The molecule has 10 aromatic carbocycles. The molecule has 0 saturated heterocycles. The van der Waals surface area contributed by atoms with Gasteiger partial charge in [0, 0.05) is 21.9 Å². The minimum Gasteiger partial charge on any atom is -0.455 e. The standard InChI is InChI=1S/C52H30O/c1-2-14-32-30-48-47(29-31(32)13-1)45-25-12-26-46(52(45)53-48)51-40-21-9-7-19-38(40)50(39-20-8-10-22-41(39)51)44-28-27-43-36-18-6-4-16-34(36)33-15-3-5-17-35(33)37-23-11-24-42(44)49(37)43/h1-30H. The molecule has 1 nitrogen and oxygen atoms in total. The molecule has 244 valence electrons. The zero-order valence-electron chi connectivity index (χ0n) is 28.7. The SMILES string of the molecule is c1ccc2c(c1)-c1ccccc1-c1ccc(-c3c4ccccc4c(-c4cccc5c4oc4cc6ccccc6cc45)c4ccccc34)c3cccc-2c13. The van der Waals surface area contributed by atoms with Crippen molar-refractivity contribution in [1.29, 1.82) is 0 Å². The molecule has 0 radical (unpaired) electrons. The molecule has 11 aromatic rings. The van der Waals surface area contributed by atoms with Gasteiger partial charge in [-0.2, -0.15) is 0 Å². The maximum Gasteiger partial charge on any atom is 0.143 e. The Bertz CT molecular complexity index is 3230. The summed E-state index contributed by atoms with van der Waals surface area (Å²) < 4.78 is 6.83. The second-order valence-electron chi connectivity index (χ2n) is 14.3. The van der Waals surface area contributed by atoms with Gasteiger partial charge < -0.3 is 4.42 Å². The van der Waals surface area contributed by atoms with Crippen LogP contribution in [0.25, 0.3) is 121 Å². The van der Waals surface area contributed by atoms with Gasteiger partial charge in [0.05, 0.1) is 0 Å². The van der Waals surface area contributed by atoms with E-state index < -0.39 is 0 Å². The van der Waals surface area contributed by atoms with Crippen LogP contribution in [0.1, 0.15) is 0 Å². The van der Waals surface area contributed by atoms with Crippen molar-refractivity contribution >= 4 is 65.0 Å². The number of para-hydroxylation sites is 1. The fourth-order valence-corrected chi connectivity index (χ4v) is 9.37. The van der Waals surface area contributed by atoms with Gasteiger partial charge in [0.1, 0.15) is 11.2 Å². The van der Waals surface area contributed by atoms with Crippen LogP contribution in [-0.4, -0.2) is 0 Å². The fraction of sp³-hybridized carbons (Fsp3) is 0. The Hall–Kier alpha value is -6.96. The van der Waals surface area contributed by atoms with E-state index >= 15 is 0 Å². The quantitative estimate of drug-likeness (QED) is 0.167. The van der Waals surface area contributed by atoms with Crippen LogP contribution in [0.2, 0.25) is 0 Å². The Labute approximate surface area is 306 Å². The molecular weight excluding hydrogens is 641 g/mol. The highest BCUT2D eigenvalue weighted by molar-refractivity contribution is 6.27. The smallest absolute Gasteiger partial charge is 0.143 e. The third kappa shape index (κ3) is 3.97. The summed E-state index contributed by atoms with van der Waals surface area (Å²) in [6, 6.07) is 66.8. The minimum atomic E-state index is 0.916. The molecule has 1 aliphatic rings. The third-order valence-electron chi connectivity index (χ3n) is 11.6. The van der Waals surface area contributed by atoms with E-state index in [2.05, 4.69) is 182 Å². The topological polar surface area (TPSA) is 13.1 Å². The van der Waals surface area contributed by atoms with Crippen LogP contribution in [0.5, 0.6) is 0 Å². The van der Waals surface area contributed by atoms with Gasteiger partial charge in [-0.25, -0.2) is 0 Å². The van der Waals surface area contributed by atoms with E-state index in [1.807, 2.05) is 0 Å². The van der Waals surface area contributed by atoms with Crippen molar-refractivity contribution in [2.24, 2.45) is 0 Å². The van der Waals surface area contributed by atoms with Crippen LogP contribution in [0.15, 0.2) is 186 Å². The van der Waals surface area contributed by atoms with Gasteiger partial charge in [0.15, 0.2) is 0 Å². The predicted octanol–water partition coefficient (Wildman–Crippen LogP) is 14.8. The second-order valence-corrected chi connectivity index (χ2v) is 14.3. The van der Waals surface area contributed by atoms with Crippen molar-refractivity contribution in [2.45, 2.75) is 0 Å². The van der Waals surface area contributed by atoms with E-state index in [0.29, 0.717) is 0 Å². The molecule has 0 unspecified atom stereocenters. The molecule has 1 aliphatic carbocycles. The first-order valence-electron chi connectivity index (χ1n) is 18.3. The number of hydrogen-bond donors (Lipinski definition) is 0. The van der Waals surface area contributed by atoms with E-state index in [1.165, 1.54) is 93.2 Å². The van der Waals surface area contributed by atoms with Gasteiger partial charge in [-0.1, -0.05) is 170 Å². The first-order valence-corrected chi connectivity index (χ1v) is 18.3. The Morgan fingerprint density at radius 1 is 0.264 bits per heavy atom. The van der Waals surface area contributed by atoms with Crippen LogP contribution in [0, 0.1) is 0 Å². The van der Waals surface area contributed by atoms with E-state index in [4.69, 9.17) is 4.42 Å². The lowest BCUT2D eigenvalue weighted by molar-refractivity contribution is 0.670. The molecule has 1 heteroatoms. The lowest BCUT2D eigenvalue weighted by Crippen LogP contribution is -1.93. The van der Waals surface area contributed by atoms with E-state index in [9.17, 15) is 0 Å². The van der Waals surface area contributed by atoms with Crippen molar-refractivity contribution in [3.05, 3.63) is 182 Å². The summed E-state index contributed by atoms with van der Waals surface area (Å²) in [6.45, 7) is 0. The predicted molar refractivity (Wildman–Crippen MR) is 224 cm³/mol. The molecular formula is C52H30O. The molecule has 1 aromatic heterocycles. The Morgan fingerprint density at radius 3 is 1.30 bits per heavy atom. The summed E-state index contributed by atoms with van der Waals surface area (Å²) in [4.78, 5) is 0. The van der Waals surface area contributed by atoms with Crippen molar-refractivity contribution in [3.63, 3.8) is 0 Å². The summed E-state index contributed by atoms with van der Waals surface area (Å²) in [7, 11) is 0. The first-order chi connectivity index (χ1) is 26.3. The maximum atomic E-state index is 6.83. The highest BCUT2D eigenvalue weighted by Crippen LogP contribution is 2.52. The molecule has 0 amide bonds. The minimum absolute atomic E-state index is 0.916. The highest BCUT2D eigenvalue weighted by atomic mass is 16.3. The van der Waals surface area contributed by atoms with E-state index in [0.717, 1.165) is 27.5 Å². The number of fused-ring (bicyclic) bond motifs is 11. The summed E-state index contributed by atoms with van der Waals surface area (Å²) in [5, 5.41) is 12.2. The first kappa shape index (κ1) is 28.7. The van der Waals surface area contributed by atoms with Gasteiger partial charge in [0.25, 0.3) is 0 Å². The molecule has 0 atom stereocenters. The molecule has 0 aliphatic heterocycles. The van der Waals surface area contributed by atoms with Crippen molar-refractivity contribution in [2.75, 3.05) is 0 Å². The van der Waals surface area contributed by atoms with Crippen molar-refractivity contribution in [1.82, 2.24) is 0 Å². The van der Waals surface area contributed by atoms with Gasteiger partial charge in [-0.15, -0.1) is 0 Å². The molecule has 0 bridgehead atoms. The van der Waals surface area contributed by atoms with Crippen LogP contribution >= 0.6 is 0 Å². The van der Waals surface area contributed by atoms with E-state index in [1.54, 1.807) is 0 Å². The average Bonchev–Trinajstić information content (AvgIpc) is 3.53. The zero-order chi connectivity index (χ0) is 34.6. The lowest BCUT2D eigenvalue weighted by Gasteiger charge is -2.20. The Balaban J connectivity index is 1.19. The highest BCUT2D eigenvalue weighted by Gasteiger charge is 2.25. The number of rotatable bonds is 2. The summed E-state index contributed by atoms with van der Waals surface area (Å²) >= 11 is 0. The second kappa shape index (κ2) is 10.8. The number of furan rings is 1. The zero-order valence-corrected chi connectivity index (χ0v) is 28.7. The molecule has 1 heterocycles. The number of hydrogen-bond acceptors (Lipinski definition) is 1. The van der Waals surface area contributed by atoms with Crippen LogP contribution in [0.4, 0.5) is 0 Å². The van der Waals surface area contributed by atoms with Gasteiger partial charge in [0.2, 0.25) is 0 Å². The summed E-state index contributed by atoms with van der Waals surface area (Å²) in [5.41, 5.74) is 14.3. The largest absolute Gasteiger partial charge is 0.455 e. The maximum absolute atomic E-state index is 6.83. The van der Waals surface area contributed by atoms with Gasteiger partial charge in [-0.3, -0.25) is 0 Å². The summed E-state index contributed by atoms with van der Waals surface area (Å²) in [6.07, 6.45) is 0. The molecule has 0 spiro atoms. The molecule has 0 fully saturated rings. The Kier molecular flexibility index (Phi) is 5.84. The van der Waals surface area contributed by atoms with Crippen molar-refractivity contribution in [3.8, 4) is 55.6 Å². The monoisotopic (exact) mass is 670 g/mol. The number of benzene rings is 10. The molecule has 53 heavy (non-hydrogen) atoms. The molecule has 0 N–H and O–H groups in total. The van der Waals surface area contributed by atoms with Crippen LogP contribution < -0.4 is 0 Å². The summed E-state index contributed by atoms with van der Waals surface area (Å²) in [5.74, 6) is 0. The third-order valence-corrected chi connectivity index (χ3v) is 11.6. The van der Waals surface area contributed by atoms with Crippen LogP contribution in [0.3, 0.4) is 0 Å². The lowest BCUT2D eigenvalue weighted by atomic mass is 9.83. The van der Waals surface area contributed by atoms with Gasteiger partial charge in [-0.05, 0) is 99.7 Å². The van der Waals surface area contributed by atoms with Crippen molar-refractivity contribution < 1.29 is 4.42 Å². The van der Waals surface area contributed by atoms with Crippen LogP contribution in [-0.2, 0) is 0 Å². The van der Waals surface area contributed by atoms with Gasteiger partial charge >= 0.3 is 0 Å². The fourth-order valence-electron chi connectivity index (χ4n) is 9.37. The average molecular weight is 671 g/mol. The normalized spacial score (nSPS) is 12.2. The Morgan fingerprint density at radius 2 is 0.679 bits per heavy atom.